The van der Waals surface area contributed by atoms with Gasteiger partial charge in [0.05, 0.1) is 39.9 Å². The largest absolute Gasteiger partial charge is 0.756 e. The lowest BCUT2D eigenvalue weighted by atomic mass is 10.0. The number of aliphatic hydroxyl groups is 1. The third-order valence-electron chi connectivity index (χ3n) is 11.8. The molecule has 0 aliphatic heterocycles. The summed E-state index contributed by atoms with van der Waals surface area (Å²) in [6, 6.07) is -0.951. The van der Waals surface area contributed by atoms with E-state index in [4.69, 9.17) is 9.05 Å². The third kappa shape index (κ3) is 51.3. The van der Waals surface area contributed by atoms with Crippen LogP contribution >= 0.6 is 7.82 Å². The number of hydrogen-bond acceptors (Lipinski definition) is 6. The first kappa shape index (κ1) is 65.4. The van der Waals surface area contributed by atoms with Gasteiger partial charge in [-0.1, -0.05) is 239 Å². The topological polar surface area (TPSA) is 108 Å². The van der Waals surface area contributed by atoms with Gasteiger partial charge in [0.1, 0.15) is 13.2 Å². The molecule has 2 N–H and O–H groups in total. The Bertz CT molecular complexity index is 1420. The molecule has 1 amide bonds. The predicted octanol–water partition coefficient (Wildman–Crippen LogP) is 16.0. The molecule has 0 fully saturated rings. The van der Waals surface area contributed by atoms with Gasteiger partial charge in [0, 0.05) is 6.42 Å². The van der Waals surface area contributed by atoms with E-state index in [1.165, 1.54) is 135 Å². The number of aliphatic hydroxyl groups excluding tert-OH is 1. The molecule has 0 aliphatic rings. The average Bonchev–Trinajstić information content (AvgIpc) is 3.30. The summed E-state index contributed by atoms with van der Waals surface area (Å²) in [5, 5.41) is 13.8. The van der Waals surface area contributed by atoms with Crippen molar-refractivity contribution < 1.29 is 32.9 Å². The molecule has 392 valence electrons. The standard InChI is InChI=1S/C59H105N2O6P/c1-6-8-10-12-14-16-18-20-22-24-26-27-28-29-30-31-32-33-35-36-38-40-42-44-46-48-50-52-58(62)57(56-67-68(64,65)66-55-54-61(3,4)5)60-59(63)53-51-49-47-45-43-41-39-37-34-25-23-21-19-17-15-13-11-9-7-2/h9,11,15,17,21,23,34,37,41-44,47,49-50,52,57-58,62H,6-8,10,12-14,16,18-20,22,24-33,35-36,38-40,45-46,48,51,53-56H2,1-5H3,(H-,60,63,64,65)/b11-9-,17-15-,23-21-,37-34-,43-41-,44-42+,49-47-,52-50+. The number of phosphoric acid groups is 1. The smallest absolute Gasteiger partial charge is 0.268 e. The van der Waals surface area contributed by atoms with Gasteiger partial charge in [-0.25, -0.2) is 0 Å². The lowest BCUT2D eigenvalue weighted by Gasteiger charge is -2.29. The Morgan fingerprint density at radius 1 is 0.529 bits per heavy atom. The highest BCUT2D eigenvalue weighted by Crippen LogP contribution is 2.38. The van der Waals surface area contributed by atoms with Gasteiger partial charge < -0.3 is 28.8 Å². The summed E-state index contributed by atoms with van der Waals surface area (Å²) in [7, 11) is 1.19. The monoisotopic (exact) mass is 969 g/mol. The SMILES string of the molecule is CC/C=C\C/C=C\C/C=C\C/C=C\C/C=C\C/C=C\CCC(=O)NC(COP(=O)([O-])OCC[N+](C)(C)C)C(O)/C=C/CC/C=C/CCCCCCCCCCCCCCCCCCCCCCC. The molecule has 0 aromatic heterocycles. The molecule has 0 aromatic rings. The fourth-order valence-electron chi connectivity index (χ4n) is 7.49. The molecule has 9 heteroatoms. The summed E-state index contributed by atoms with van der Waals surface area (Å²) in [6.07, 6.45) is 70.8. The number of allylic oxidation sites excluding steroid dienone is 15. The van der Waals surface area contributed by atoms with E-state index in [1.54, 1.807) is 6.08 Å². The van der Waals surface area contributed by atoms with Gasteiger partial charge in [-0.2, -0.15) is 0 Å². The summed E-state index contributed by atoms with van der Waals surface area (Å²) < 4.78 is 23.2. The molecule has 0 aromatic carbocycles. The third-order valence-corrected chi connectivity index (χ3v) is 12.8. The minimum atomic E-state index is -4.63. The zero-order valence-electron chi connectivity index (χ0n) is 44.5. The van der Waals surface area contributed by atoms with E-state index in [0.29, 0.717) is 17.4 Å². The summed E-state index contributed by atoms with van der Waals surface area (Å²) in [5.74, 6) is -0.291. The zero-order valence-corrected chi connectivity index (χ0v) is 45.4. The van der Waals surface area contributed by atoms with Crippen molar-refractivity contribution in [1.82, 2.24) is 5.32 Å². The molecule has 3 unspecified atom stereocenters. The zero-order chi connectivity index (χ0) is 49.9. The molecule has 0 rings (SSSR count). The van der Waals surface area contributed by atoms with Gasteiger partial charge in [-0.05, 0) is 70.6 Å². The van der Waals surface area contributed by atoms with E-state index in [9.17, 15) is 19.4 Å². The molecule has 0 bridgehead atoms. The molecule has 0 radical (unpaired) electrons. The fraction of sp³-hybridized carbons (Fsp3) is 0.712. The number of amides is 1. The first-order chi connectivity index (χ1) is 33.0. The van der Waals surface area contributed by atoms with Gasteiger partial charge in [-0.15, -0.1) is 0 Å². The van der Waals surface area contributed by atoms with Crippen LogP contribution in [0.2, 0.25) is 0 Å². The van der Waals surface area contributed by atoms with Gasteiger partial charge in [0.25, 0.3) is 7.82 Å². The maximum atomic E-state index is 12.9. The number of unbranched alkanes of at least 4 members (excludes halogenated alkanes) is 22. The van der Waals surface area contributed by atoms with E-state index < -0.39 is 26.6 Å². The van der Waals surface area contributed by atoms with Crippen molar-refractivity contribution in [3.63, 3.8) is 0 Å². The fourth-order valence-corrected chi connectivity index (χ4v) is 8.21. The molecule has 0 saturated heterocycles. The Hall–Kier alpha value is -2.58. The highest BCUT2D eigenvalue weighted by molar-refractivity contribution is 7.45. The van der Waals surface area contributed by atoms with Crippen LogP contribution in [0.15, 0.2) is 97.2 Å². The maximum absolute atomic E-state index is 12.9. The van der Waals surface area contributed by atoms with Crippen LogP contribution < -0.4 is 10.2 Å². The van der Waals surface area contributed by atoms with Crippen molar-refractivity contribution in [3.05, 3.63) is 97.2 Å². The molecular formula is C59H105N2O6P. The van der Waals surface area contributed by atoms with Crippen LogP contribution in [-0.2, 0) is 18.4 Å². The number of nitrogens with zero attached hydrogens (tertiary/aromatic N) is 1. The van der Waals surface area contributed by atoms with Crippen LogP contribution in [0.4, 0.5) is 0 Å². The molecule has 0 saturated carbocycles. The van der Waals surface area contributed by atoms with Crippen molar-refractivity contribution in [2.45, 2.75) is 231 Å². The van der Waals surface area contributed by atoms with E-state index >= 15 is 0 Å². The Morgan fingerprint density at radius 2 is 0.912 bits per heavy atom. The molecule has 0 heterocycles. The summed E-state index contributed by atoms with van der Waals surface area (Å²) in [4.78, 5) is 25.4. The number of carbonyl (C=O) groups excluding carboxylic acids is 1. The first-order valence-corrected chi connectivity index (χ1v) is 29.1. The maximum Gasteiger partial charge on any atom is 0.268 e. The minimum absolute atomic E-state index is 0.0250. The number of rotatable bonds is 49. The number of likely N-dealkylation sites (N-methyl/N-ethyl adjacent to an activating group) is 1. The second kappa shape index (κ2) is 49.4. The first-order valence-electron chi connectivity index (χ1n) is 27.6. The Balaban J connectivity index is 4.38. The van der Waals surface area contributed by atoms with Gasteiger partial charge in [0.15, 0.2) is 0 Å². The molecule has 0 aliphatic carbocycles. The van der Waals surface area contributed by atoms with Gasteiger partial charge in [0.2, 0.25) is 5.91 Å². The van der Waals surface area contributed by atoms with Crippen LogP contribution in [-0.4, -0.2) is 68.5 Å². The van der Waals surface area contributed by atoms with Crippen molar-refractivity contribution in [3.8, 4) is 0 Å². The van der Waals surface area contributed by atoms with E-state index in [2.05, 4.69) is 92.1 Å². The molecule has 3 atom stereocenters. The van der Waals surface area contributed by atoms with Crippen LogP contribution in [0.3, 0.4) is 0 Å². The number of nitrogens with one attached hydrogen (secondary N) is 1. The number of carbonyl (C=O) groups is 1. The quantitative estimate of drug-likeness (QED) is 0.0272. The van der Waals surface area contributed by atoms with Crippen molar-refractivity contribution in [1.29, 1.82) is 0 Å². The predicted molar refractivity (Wildman–Crippen MR) is 293 cm³/mol. The van der Waals surface area contributed by atoms with Crippen molar-refractivity contribution in [2.75, 3.05) is 40.9 Å². The van der Waals surface area contributed by atoms with Crippen LogP contribution in [0.25, 0.3) is 0 Å². The highest BCUT2D eigenvalue weighted by Gasteiger charge is 2.23. The molecule has 8 nitrogen and oxygen atoms in total. The van der Waals surface area contributed by atoms with Gasteiger partial charge in [-0.3, -0.25) is 9.36 Å². The molecular weight excluding hydrogens is 864 g/mol. The van der Waals surface area contributed by atoms with Gasteiger partial charge >= 0.3 is 0 Å². The summed E-state index contributed by atoms with van der Waals surface area (Å²) in [5.41, 5.74) is 0. The van der Waals surface area contributed by atoms with E-state index in [-0.39, 0.29) is 18.9 Å². The highest BCUT2D eigenvalue weighted by atomic mass is 31.2. The Labute approximate surface area is 419 Å². The number of hydrogen-bond donors (Lipinski definition) is 2. The van der Waals surface area contributed by atoms with Crippen LogP contribution in [0, 0.1) is 0 Å². The molecule has 68 heavy (non-hydrogen) atoms. The second-order valence-corrected chi connectivity index (χ2v) is 21.0. The number of quaternary nitrogens is 1. The Kier molecular flexibility index (Phi) is 47.5. The summed E-state index contributed by atoms with van der Waals surface area (Å²) >= 11 is 0. The minimum Gasteiger partial charge on any atom is -0.756 e. The van der Waals surface area contributed by atoms with Crippen LogP contribution in [0.5, 0.6) is 0 Å². The Morgan fingerprint density at radius 3 is 1.35 bits per heavy atom. The lowest BCUT2D eigenvalue weighted by molar-refractivity contribution is -0.870. The lowest BCUT2D eigenvalue weighted by Crippen LogP contribution is -2.45. The normalized spacial score (nSPS) is 14.8. The average molecular weight is 969 g/mol. The van der Waals surface area contributed by atoms with E-state index in [1.807, 2.05) is 39.4 Å². The van der Waals surface area contributed by atoms with Crippen molar-refractivity contribution in [2.24, 2.45) is 0 Å². The number of phosphoric ester groups is 1. The summed E-state index contributed by atoms with van der Waals surface area (Å²) in [6.45, 7) is 4.46. The van der Waals surface area contributed by atoms with Crippen molar-refractivity contribution >= 4 is 13.7 Å². The molecule has 0 spiro atoms. The second-order valence-electron chi connectivity index (χ2n) is 19.5. The van der Waals surface area contributed by atoms with E-state index in [0.717, 1.165) is 57.8 Å². The van der Waals surface area contributed by atoms with Crippen LogP contribution in [0.1, 0.15) is 219 Å².